The van der Waals surface area contributed by atoms with Gasteiger partial charge in [0, 0.05) is 35.7 Å². The van der Waals surface area contributed by atoms with Gasteiger partial charge in [0.2, 0.25) is 5.91 Å². The first kappa shape index (κ1) is 16.7. The number of hydrogen-bond donors (Lipinski definition) is 1. The van der Waals surface area contributed by atoms with Gasteiger partial charge >= 0.3 is 5.97 Å². The molecule has 0 radical (unpaired) electrons. The van der Waals surface area contributed by atoms with Crippen LogP contribution in [0.2, 0.25) is 0 Å². The van der Waals surface area contributed by atoms with Gasteiger partial charge in [-0.25, -0.2) is 4.98 Å². The maximum atomic E-state index is 12.1. The zero-order valence-electron chi connectivity index (χ0n) is 13.2. The van der Waals surface area contributed by atoms with E-state index in [1.807, 2.05) is 0 Å². The lowest BCUT2D eigenvalue weighted by molar-refractivity contribution is -0.144. The average Bonchev–Trinajstić information content (AvgIpc) is 2.94. The maximum absolute atomic E-state index is 12.1. The lowest BCUT2D eigenvalue weighted by atomic mass is 9.97. The number of carbonyl (C=O) groups excluding carboxylic acids is 1. The smallest absolute Gasteiger partial charge is 0.306 e. The van der Waals surface area contributed by atoms with Crippen molar-refractivity contribution < 1.29 is 14.7 Å². The number of carboxylic acid groups (broad SMARTS) is 1. The van der Waals surface area contributed by atoms with E-state index >= 15 is 0 Å². The summed E-state index contributed by atoms with van der Waals surface area (Å²) in [5, 5.41) is 10.0. The number of hydrogen-bond acceptors (Lipinski definition) is 4. The summed E-state index contributed by atoms with van der Waals surface area (Å²) in [5.74, 6) is -1.14. The van der Waals surface area contributed by atoms with Crippen LogP contribution in [0.15, 0.2) is 12.3 Å². The summed E-state index contributed by atoms with van der Waals surface area (Å²) >= 11 is 1.59. The summed E-state index contributed by atoms with van der Waals surface area (Å²) in [7, 11) is 0. The third-order valence-corrected chi connectivity index (χ3v) is 5.10. The molecule has 120 valence electrons. The molecule has 1 aliphatic heterocycles. The van der Waals surface area contributed by atoms with Crippen molar-refractivity contribution in [2.45, 2.75) is 39.0 Å². The highest BCUT2D eigenvalue weighted by Crippen LogP contribution is 2.27. The van der Waals surface area contributed by atoms with E-state index in [2.05, 4.69) is 25.8 Å². The standard InChI is InChI=1S/C16H22N2O3S/c1-16(2,3)15-17-10-12(22-15)4-5-13(19)18-8-6-11(7-9-18)14(20)21/h4-5,10-11H,6-9H2,1-3H3,(H,20,21). The predicted molar refractivity (Wildman–Crippen MR) is 86.8 cm³/mol. The van der Waals surface area contributed by atoms with Crippen LogP contribution in [0.1, 0.15) is 43.5 Å². The Morgan fingerprint density at radius 3 is 2.50 bits per heavy atom. The molecule has 0 unspecified atom stereocenters. The minimum atomic E-state index is -0.762. The first-order valence-electron chi connectivity index (χ1n) is 7.43. The topological polar surface area (TPSA) is 70.5 Å². The minimum absolute atomic E-state index is 0.0134. The monoisotopic (exact) mass is 322 g/mol. The van der Waals surface area contributed by atoms with Gasteiger partial charge in [0.05, 0.1) is 10.9 Å². The van der Waals surface area contributed by atoms with E-state index < -0.39 is 5.97 Å². The van der Waals surface area contributed by atoms with E-state index in [1.165, 1.54) is 0 Å². The van der Waals surface area contributed by atoms with Crippen molar-refractivity contribution in [3.63, 3.8) is 0 Å². The van der Waals surface area contributed by atoms with Crippen LogP contribution < -0.4 is 0 Å². The number of carboxylic acids is 1. The molecule has 22 heavy (non-hydrogen) atoms. The molecule has 1 N–H and O–H groups in total. The van der Waals surface area contributed by atoms with Crippen molar-refractivity contribution in [2.75, 3.05) is 13.1 Å². The third kappa shape index (κ3) is 4.16. The number of carbonyl (C=O) groups is 2. The lowest BCUT2D eigenvalue weighted by Gasteiger charge is -2.29. The van der Waals surface area contributed by atoms with Crippen molar-refractivity contribution in [1.82, 2.24) is 9.88 Å². The molecular weight excluding hydrogens is 300 g/mol. The molecule has 0 atom stereocenters. The molecule has 2 heterocycles. The summed E-state index contributed by atoms with van der Waals surface area (Å²) in [5.41, 5.74) is 0.0134. The lowest BCUT2D eigenvalue weighted by Crippen LogP contribution is -2.39. The molecule has 0 aliphatic carbocycles. The number of nitrogens with zero attached hydrogens (tertiary/aromatic N) is 2. The second-order valence-electron chi connectivity index (χ2n) is 6.59. The Labute approximate surface area is 134 Å². The van der Waals surface area contributed by atoms with E-state index in [9.17, 15) is 9.59 Å². The van der Waals surface area contributed by atoms with Crippen LogP contribution in [-0.2, 0) is 15.0 Å². The third-order valence-electron chi connectivity index (χ3n) is 3.71. The summed E-state index contributed by atoms with van der Waals surface area (Å²) in [4.78, 5) is 30.1. The average molecular weight is 322 g/mol. The van der Waals surface area contributed by atoms with E-state index in [1.54, 1.807) is 34.6 Å². The number of amides is 1. The van der Waals surface area contributed by atoms with Gasteiger partial charge in [-0.05, 0) is 18.9 Å². The van der Waals surface area contributed by atoms with Gasteiger partial charge in [-0.15, -0.1) is 11.3 Å². The highest BCUT2D eigenvalue weighted by atomic mass is 32.1. The number of rotatable bonds is 3. The Kier molecular flexibility index (Phi) is 5.01. The SMILES string of the molecule is CC(C)(C)c1ncc(C=CC(=O)N2CCC(C(=O)O)CC2)s1. The molecule has 2 rings (SSSR count). The van der Waals surface area contributed by atoms with Crippen LogP contribution in [0.5, 0.6) is 0 Å². The molecule has 0 aromatic carbocycles. The second-order valence-corrected chi connectivity index (χ2v) is 7.65. The molecule has 0 spiro atoms. The van der Waals surface area contributed by atoms with Crippen LogP contribution >= 0.6 is 11.3 Å². The van der Waals surface area contributed by atoms with Crippen molar-refractivity contribution in [2.24, 2.45) is 5.92 Å². The predicted octanol–water partition coefficient (Wildman–Crippen LogP) is 2.78. The van der Waals surface area contributed by atoms with Crippen molar-refractivity contribution >= 4 is 29.3 Å². The van der Waals surface area contributed by atoms with Crippen LogP contribution in [0, 0.1) is 5.92 Å². The zero-order valence-corrected chi connectivity index (χ0v) is 14.0. The van der Waals surface area contributed by atoms with Gasteiger partial charge < -0.3 is 10.0 Å². The van der Waals surface area contributed by atoms with Gasteiger partial charge in [-0.1, -0.05) is 20.8 Å². The molecule has 0 saturated carbocycles. The largest absolute Gasteiger partial charge is 0.481 e. The quantitative estimate of drug-likeness (QED) is 0.869. The van der Waals surface area contributed by atoms with Crippen molar-refractivity contribution in [3.05, 3.63) is 22.2 Å². The Bertz CT molecular complexity index is 578. The van der Waals surface area contributed by atoms with E-state index in [0.717, 1.165) is 9.88 Å². The Morgan fingerprint density at radius 1 is 1.36 bits per heavy atom. The molecule has 1 saturated heterocycles. The number of aromatic nitrogens is 1. The summed E-state index contributed by atoms with van der Waals surface area (Å²) < 4.78 is 0. The molecule has 1 fully saturated rings. The number of aliphatic carboxylic acids is 1. The molecule has 6 heteroatoms. The fraction of sp³-hybridized carbons (Fsp3) is 0.562. The van der Waals surface area contributed by atoms with Crippen molar-refractivity contribution in [1.29, 1.82) is 0 Å². The molecule has 1 amide bonds. The summed E-state index contributed by atoms with van der Waals surface area (Å²) in [6.07, 6.45) is 6.19. The first-order valence-corrected chi connectivity index (χ1v) is 8.25. The Hall–Kier alpha value is -1.69. The number of thiazole rings is 1. The van der Waals surface area contributed by atoms with E-state index in [4.69, 9.17) is 5.11 Å². The number of likely N-dealkylation sites (tertiary alicyclic amines) is 1. The molecule has 1 aliphatic rings. The molecule has 0 bridgehead atoms. The summed E-state index contributed by atoms with van der Waals surface area (Å²) in [6.45, 7) is 7.34. The highest BCUT2D eigenvalue weighted by Gasteiger charge is 2.26. The maximum Gasteiger partial charge on any atom is 0.306 e. The van der Waals surface area contributed by atoms with Crippen LogP contribution in [0.3, 0.4) is 0 Å². The minimum Gasteiger partial charge on any atom is -0.481 e. The van der Waals surface area contributed by atoms with Gasteiger partial charge in [0.15, 0.2) is 0 Å². The summed E-state index contributed by atoms with van der Waals surface area (Å²) in [6, 6.07) is 0. The van der Waals surface area contributed by atoms with Gasteiger partial charge in [0.25, 0.3) is 0 Å². The number of piperidine rings is 1. The fourth-order valence-electron chi connectivity index (χ4n) is 2.32. The normalized spacial score (nSPS) is 17.1. The van der Waals surface area contributed by atoms with Crippen LogP contribution in [0.4, 0.5) is 0 Å². The van der Waals surface area contributed by atoms with Crippen LogP contribution in [-0.4, -0.2) is 40.0 Å². The first-order chi connectivity index (χ1) is 10.3. The van der Waals surface area contributed by atoms with Crippen molar-refractivity contribution in [3.8, 4) is 0 Å². The van der Waals surface area contributed by atoms with Gasteiger partial charge in [-0.2, -0.15) is 0 Å². The molecule has 1 aromatic heterocycles. The molecule has 1 aromatic rings. The van der Waals surface area contributed by atoms with E-state index in [0.29, 0.717) is 25.9 Å². The Balaban J connectivity index is 1.92. The molecule has 5 nitrogen and oxygen atoms in total. The van der Waals surface area contributed by atoms with Crippen LogP contribution in [0.25, 0.3) is 6.08 Å². The zero-order chi connectivity index (χ0) is 16.3. The second kappa shape index (κ2) is 6.60. The highest BCUT2D eigenvalue weighted by molar-refractivity contribution is 7.12. The molecular formula is C16H22N2O3S. The van der Waals surface area contributed by atoms with Gasteiger partial charge in [-0.3, -0.25) is 9.59 Å². The van der Waals surface area contributed by atoms with E-state index in [-0.39, 0.29) is 17.2 Å². The fourth-order valence-corrected chi connectivity index (χ4v) is 3.19. The Morgan fingerprint density at radius 2 is 2.00 bits per heavy atom. The van der Waals surface area contributed by atoms with Gasteiger partial charge in [0.1, 0.15) is 0 Å².